The van der Waals surface area contributed by atoms with Crippen molar-refractivity contribution < 1.29 is 17.4 Å². The fraction of sp³-hybridized carbons (Fsp3) is 0.600. The predicted octanol–water partition coefficient (Wildman–Crippen LogP) is 2.13. The summed E-state index contributed by atoms with van der Waals surface area (Å²) in [5, 5.41) is 3.44. The molecule has 2 heterocycles. The van der Waals surface area contributed by atoms with E-state index in [1.807, 2.05) is 0 Å². The Morgan fingerprint density at radius 3 is 2.46 bits per heavy atom. The molecule has 0 unspecified atom stereocenters. The SMILES string of the molecule is CC(C)(C)C(=O)OS(=O)(=O)N(c1ccc(Cl)nc1)C1CCNCC1. The van der Waals surface area contributed by atoms with Gasteiger partial charge in [0.05, 0.1) is 23.3 Å². The van der Waals surface area contributed by atoms with E-state index in [1.54, 1.807) is 26.8 Å². The molecule has 1 aliphatic rings. The number of hydrogen-bond donors (Lipinski definition) is 1. The zero-order valence-electron chi connectivity index (χ0n) is 14.0. The minimum Gasteiger partial charge on any atom is -0.329 e. The number of nitrogens with zero attached hydrogens (tertiary/aromatic N) is 2. The first-order valence-corrected chi connectivity index (χ1v) is 9.46. The van der Waals surface area contributed by atoms with Crippen molar-refractivity contribution in [1.29, 1.82) is 0 Å². The van der Waals surface area contributed by atoms with Crippen molar-refractivity contribution in [3.8, 4) is 0 Å². The van der Waals surface area contributed by atoms with Gasteiger partial charge in [-0.15, -0.1) is 0 Å². The fourth-order valence-corrected chi connectivity index (χ4v) is 3.90. The Kier molecular flexibility index (Phi) is 5.72. The van der Waals surface area contributed by atoms with E-state index in [2.05, 4.69) is 10.3 Å². The van der Waals surface area contributed by atoms with Gasteiger partial charge in [0.25, 0.3) is 0 Å². The second-order valence-corrected chi connectivity index (χ2v) is 8.50. The van der Waals surface area contributed by atoms with Gasteiger partial charge in [-0.25, -0.2) is 9.29 Å². The van der Waals surface area contributed by atoms with Gasteiger partial charge in [-0.05, 0) is 58.8 Å². The van der Waals surface area contributed by atoms with Crippen molar-refractivity contribution >= 4 is 33.6 Å². The third kappa shape index (κ3) is 4.58. The first kappa shape index (κ1) is 19.0. The van der Waals surface area contributed by atoms with Crippen LogP contribution in [0.3, 0.4) is 0 Å². The zero-order valence-corrected chi connectivity index (χ0v) is 15.5. The van der Waals surface area contributed by atoms with Gasteiger partial charge in [0.1, 0.15) is 5.15 Å². The molecule has 9 heteroatoms. The Hall–Kier alpha value is -1.38. The van der Waals surface area contributed by atoms with Crippen molar-refractivity contribution in [1.82, 2.24) is 10.3 Å². The summed E-state index contributed by atoms with van der Waals surface area (Å²) in [6.07, 6.45) is 2.58. The van der Waals surface area contributed by atoms with Crippen LogP contribution in [0.2, 0.25) is 5.15 Å². The largest absolute Gasteiger partial charge is 0.412 e. The second kappa shape index (κ2) is 7.25. The van der Waals surface area contributed by atoms with Crippen LogP contribution in [0.4, 0.5) is 5.69 Å². The number of carbonyl (C=O) groups is 1. The van der Waals surface area contributed by atoms with Crippen LogP contribution >= 0.6 is 11.6 Å². The molecule has 1 N–H and O–H groups in total. The molecule has 0 bridgehead atoms. The summed E-state index contributed by atoms with van der Waals surface area (Å²) in [7, 11) is -4.30. The maximum atomic E-state index is 12.8. The average molecular weight is 376 g/mol. The predicted molar refractivity (Wildman–Crippen MR) is 92.1 cm³/mol. The number of hydrogen-bond acceptors (Lipinski definition) is 6. The van der Waals surface area contributed by atoms with Crippen LogP contribution in [-0.4, -0.2) is 38.5 Å². The molecule has 0 aliphatic carbocycles. The van der Waals surface area contributed by atoms with Gasteiger partial charge in [-0.1, -0.05) is 11.6 Å². The Labute approximate surface area is 147 Å². The summed E-state index contributed by atoms with van der Waals surface area (Å²) in [6, 6.07) is 2.75. The summed E-state index contributed by atoms with van der Waals surface area (Å²) in [5.41, 5.74) is -0.599. The quantitative estimate of drug-likeness (QED) is 0.811. The maximum absolute atomic E-state index is 12.8. The van der Waals surface area contributed by atoms with Crippen LogP contribution in [0.5, 0.6) is 0 Å². The first-order valence-electron chi connectivity index (χ1n) is 7.72. The number of aromatic nitrogens is 1. The highest BCUT2D eigenvalue weighted by molar-refractivity contribution is 7.88. The second-order valence-electron chi connectivity index (χ2n) is 6.69. The lowest BCUT2D eigenvalue weighted by molar-refractivity contribution is -0.142. The van der Waals surface area contributed by atoms with Crippen molar-refractivity contribution in [3.05, 3.63) is 23.5 Å². The van der Waals surface area contributed by atoms with Crippen LogP contribution in [-0.2, 0) is 19.3 Å². The highest BCUT2D eigenvalue weighted by Crippen LogP contribution is 2.28. The molecule has 0 radical (unpaired) electrons. The normalized spacial score (nSPS) is 16.7. The van der Waals surface area contributed by atoms with E-state index >= 15 is 0 Å². The Bertz CT molecular complexity index is 680. The lowest BCUT2D eigenvalue weighted by atomic mass is 9.98. The number of pyridine rings is 1. The van der Waals surface area contributed by atoms with E-state index in [1.165, 1.54) is 12.3 Å². The van der Waals surface area contributed by atoms with Crippen LogP contribution in [0.1, 0.15) is 33.6 Å². The smallest absolute Gasteiger partial charge is 0.329 e. The van der Waals surface area contributed by atoms with Crippen LogP contribution in [0, 0.1) is 5.41 Å². The third-order valence-corrected chi connectivity index (χ3v) is 5.22. The van der Waals surface area contributed by atoms with E-state index in [9.17, 15) is 13.2 Å². The third-order valence-electron chi connectivity index (χ3n) is 3.64. The maximum Gasteiger partial charge on any atom is 0.412 e. The van der Waals surface area contributed by atoms with Gasteiger partial charge in [0, 0.05) is 0 Å². The highest BCUT2D eigenvalue weighted by atomic mass is 35.5. The van der Waals surface area contributed by atoms with E-state index in [0.717, 1.165) is 4.31 Å². The topological polar surface area (TPSA) is 88.6 Å². The molecule has 0 saturated carbocycles. The number of carbonyl (C=O) groups excluding carboxylic acids is 1. The molecule has 7 nitrogen and oxygen atoms in total. The molecule has 1 fully saturated rings. The minimum atomic E-state index is -4.30. The lowest BCUT2D eigenvalue weighted by Gasteiger charge is -2.34. The van der Waals surface area contributed by atoms with E-state index in [0.29, 0.717) is 31.6 Å². The molecule has 1 aromatic rings. The number of piperidine rings is 1. The molecule has 1 saturated heterocycles. The molecule has 1 aliphatic heterocycles. The van der Waals surface area contributed by atoms with Gasteiger partial charge >= 0.3 is 16.3 Å². The van der Waals surface area contributed by atoms with Gasteiger partial charge in [0.15, 0.2) is 0 Å². The van der Waals surface area contributed by atoms with Crippen molar-refractivity contribution in [2.45, 2.75) is 39.7 Å². The van der Waals surface area contributed by atoms with Gasteiger partial charge in [0.2, 0.25) is 0 Å². The Morgan fingerprint density at radius 1 is 1.33 bits per heavy atom. The first-order chi connectivity index (χ1) is 11.1. The van der Waals surface area contributed by atoms with Crippen molar-refractivity contribution in [2.24, 2.45) is 5.41 Å². The molecule has 1 aromatic heterocycles. The van der Waals surface area contributed by atoms with Crippen LogP contribution < -0.4 is 9.62 Å². The van der Waals surface area contributed by atoms with E-state index in [4.69, 9.17) is 15.8 Å². The monoisotopic (exact) mass is 375 g/mol. The van der Waals surface area contributed by atoms with Gasteiger partial charge < -0.3 is 9.50 Å². The Balaban J connectivity index is 2.37. The summed E-state index contributed by atoms with van der Waals surface area (Å²) < 4.78 is 31.6. The summed E-state index contributed by atoms with van der Waals surface area (Å²) in [5.74, 6) is -0.802. The number of rotatable bonds is 4. The van der Waals surface area contributed by atoms with E-state index < -0.39 is 21.7 Å². The molecular formula is C15H22ClN3O4S. The molecule has 0 spiro atoms. The minimum absolute atomic E-state index is 0.257. The fourth-order valence-electron chi connectivity index (χ4n) is 2.32. The molecule has 0 amide bonds. The van der Waals surface area contributed by atoms with Crippen molar-refractivity contribution in [3.63, 3.8) is 0 Å². The molecule has 24 heavy (non-hydrogen) atoms. The summed E-state index contributed by atoms with van der Waals surface area (Å²) >= 11 is 5.79. The van der Waals surface area contributed by atoms with Crippen LogP contribution in [0.25, 0.3) is 0 Å². The molecule has 2 rings (SSSR count). The lowest BCUT2D eigenvalue weighted by Crippen LogP contribution is -2.48. The number of anilines is 1. The number of nitrogens with one attached hydrogen (secondary N) is 1. The van der Waals surface area contributed by atoms with Gasteiger partial charge in [-0.2, -0.15) is 8.42 Å². The zero-order chi connectivity index (χ0) is 18.0. The van der Waals surface area contributed by atoms with Crippen molar-refractivity contribution in [2.75, 3.05) is 17.4 Å². The summed E-state index contributed by atoms with van der Waals surface area (Å²) in [4.78, 5) is 16.0. The molecule has 0 atom stereocenters. The average Bonchev–Trinajstić information content (AvgIpc) is 2.49. The summed E-state index contributed by atoms with van der Waals surface area (Å²) in [6.45, 7) is 6.17. The molecule has 0 aromatic carbocycles. The number of halogens is 1. The highest BCUT2D eigenvalue weighted by Gasteiger charge is 2.37. The van der Waals surface area contributed by atoms with E-state index in [-0.39, 0.29) is 11.2 Å². The van der Waals surface area contributed by atoms with Crippen LogP contribution in [0.15, 0.2) is 18.3 Å². The Morgan fingerprint density at radius 2 is 1.96 bits per heavy atom. The standard InChI is InChI=1S/C15H22ClN3O4S/c1-15(2,3)14(20)23-24(21,22)19(11-6-8-17-9-7-11)12-4-5-13(16)18-10-12/h4-5,10-11,17H,6-9H2,1-3H3. The molecular weight excluding hydrogens is 354 g/mol. The van der Waals surface area contributed by atoms with Gasteiger partial charge in [-0.3, -0.25) is 4.79 Å². The molecule has 134 valence electrons.